The van der Waals surface area contributed by atoms with Gasteiger partial charge in [0.2, 0.25) is 5.91 Å². The Balaban J connectivity index is 1.67. The van der Waals surface area contributed by atoms with E-state index in [1.807, 2.05) is 0 Å². The molecule has 2 aliphatic rings. The van der Waals surface area contributed by atoms with Crippen LogP contribution >= 0.6 is 0 Å². The third-order valence-electron chi connectivity index (χ3n) is 4.79. The summed E-state index contributed by atoms with van der Waals surface area (Å²) in [5.41, 5.74) is 3.31. The minimum absolute atomic E-state index is 0.232. The van der Waals surface area contributed by atoms with Gasteiger partial charge in [-0.2, -0.15) is 0 Å². The number of fused-ring (bicyclic) bond motifs is 1. The third-order valence-corrected chi connectivity index (χ3v) is 4.79. The Kier molecular flexibility index (Phi) is 3.64. The van der Waals surface area contributed by atoms with Crippen molar-refractivity contribution in [1.29, 1.82) is 0 Å². The molecule has 1 unspecified atom stereocenters. The molecule has 2 nitrogen and oxygen atoms in total. The topological polar surface area (TPSA) is 29.1 Å². The van der Waals surface area contributed by atoms with Crippen molar-refractivity contribution in [2.24, 2.45) is 17.8 Å². The molecule has 3 atom stereocenters. The molecule has 106 valence electrons. The van der Waals surface area contributed by atoms with Gasteiger partial charge >= 0.3 is 0 Å². The lowest BCUT2D eigenvalue weighted by Crippen LogP contribution is -2.16. The monoisotopic (exact) mass is 269 g/mol. The minimum Gasteiger partial charge on any atom is -0.326 e. The van der Waals surface area contributed by atoms with Gasteiger partial charge in [-0.25, -0.2) is 0 Å². The predicted molar refractivity (Wildman–Crippen MR) is 82.6 cm³/mol. The minimum atomic E-state index is 0.232. The molecule has 1 aromatic rings. The molecule has 1 saturated carbocycles. The van der Waals surface area contributed by atoms with Crippen LogP contribution in [0.1, 0.15) is 36.8 Å². The number of allylic oxidation sites excluding steroid dienone is 2. The number of amides is 1. The highest BCUT2D eigenvalue weighted by Gasteiger charge is 2.53. The van der Waals surface area contributed by atoms with Crippen LogP contribution in [0, 0.1) is 31.6 Å². The fraction of sp³-hybridized carbons (Fsp3) is 0.500. The number of nitrogens with one attached hydrogen (secondary N) is 1. The van der Waals surface area contributed by atoms with E-state index in [9.17, 15) is 4.79 Å². The third kappa shape index (κ3) is 2.65. The fourth-order valence-electron chi connectivity index (χ4n) is 3.52. The number of rotatable bonds is 2. The Morgan fingerprint density at radius 1 is 1.10 bits per heavy atom. The van der Waals surface area contributed by atoms with Crippen LogP contribution in [0.5, 0.6) is 0 Å². The molecule has 2 heteroatoms. The van der Waals surface area contributed by atoms with Gasteiger partial charge in [-0.1, -0.05) is 24.3 Å². The average molecular weight is 269 g/mol. The second kappa shape index (κ2) is 5.43. The summed E-state index contributed by atoms with van der Waals surface area (Å²) in [7, 11) is 0. The summed E-state index contributed by atoms with van der Waals surface area (Å²) in [6.45, 7) is 4.11. The zero-order chi connectivity index (χ0) is 14.1. The van der Waals surface area contributed by atoms with Crippen molar-refractivity contribution in [3.63, 3.8) is 0 Å². The summed E-state index contributed by atoms with van der Waals surface area (Å²) in [6.07, 6.45) is 9.16. The second-order valence-corrected chi connectivity index (χ2v) is 6.29. The normalized spacial score (nSPS) is 29.8. The first-order valence-electron chi connectivity index (χ1n) is 7.70. The average Bonchev–Trinajstić information content (AvgIpc) is 3.05. The van der Waals surface area contributed by atoms with E-state index in [0.717, 1.165) is 24.1 Å². The number of benzene rings is 1. The van der Waals surface area contributed by atoms with Gasteiger partial charge in [-0.05, 0) is 68.6 Å². The van der Waals surface area contributed by atoms with Gasteiger partial charge in [-0.3, -0.25) is 4.79 Å². The van der Waals surface area contributed by atoms with Crippen molar-refractivity contribution in [1.82, 2.24) is 0 Å². The molecule has 0 bridgehead atoms. The van der Waals surface area contributed by atoms with Crippen LogP contribution in [-0.4, -0.2) is 5.91 Å². The molecule has 0 radical (unpaired) electrons. The zero-order valence-corrected chi connectivity index (χ0v) is 12.4. The molecular weight excluding hydrogens is 246 g/mol. The van der Waals surface area contributed by atoms with Crippen LogP contribution in [0.3, 0.4) is 0 Å². The van der Waals surface area contributed by atoms with E-state index >= 15 is 0 Å². The van der Waals surface area contributed by atoms with Crippen molar-refractivity contribution >= 4 is 11.6 Å². The molecule has 1 amide bonds. The lowest BCUT2D eigenvalue weighted by Gasteiger charge is -2.09. The Hall–Kier alpha value is -1.57. The number of hydrogen-bond acceptors (Lipinski definition) is 1. The lowest BCUT2D eigenvalue weighted by atomic mass is 10.1. The van der Waals surface area contributed by atoms with Crippen LogP contribution in [-0.2, 0) is 4.79 Å². The SMILES string of the molecule is Cc1ccc(C)c(NC(=O)C2[C@H]3CC/C=C\CC[C@@H]23)c1. The van der Waals surface area contributed by atoms with Crippen molar-refractivity contribution in [2.75, 3.05) is 5.32 Å². The Labute approximate surface area is 121 Å². The quantitative estimate of drug-likeness (QED) is 0.800. The summed E-state index contributed by atoms with van der Waals surface area (Å²) in [5, 5.41) is 3.15. The Bertz CT molecular complexity index is 530. The molecule has 20 heavy (non-hydrogen) atoms. The zero-order valence-electron chi connectivity index (χ0n) is 12.4. The van der Waals surface area contributed by atoms with Gasteiger partial charge in [0.1, 0.15) is 0 Å². The standard InChI is InChI=1S/C18H23NO/c1-12-9-10-13(2)16(11-12)19-18(20)17-14-7-5-3-4-6-8-15(14)17/h3-4,9-11,14-15,17H,5-8H2,1-2H3,(H,19,20)/b4-3-/t14-,15+,17?. The first-order valence-corrected chi connectivity index (χ1v) is 7.70. The molecule has 1 fully saturated rings. The van der Waals surface area contributed by atoms with E-state index in [4.69, 9.17) is 0 Å². The molecule has 1 N–H and O–H groups in total. The van der Waals surface area contributed by atoms with Crippen molar-refractivity contribution < 1.29 is 4.79 Å². The summed E-state index contributed by atoms with van der Waals surface area (Å²) >= 11 is 0. The van der Waals surface area contributed by atoms with Crippen LogP contribution in [0.25, 0.3) is 0 Å². The number of carbonyl (C=O) groups is 1. The lowest BCUT2D eigenvalue weighted by molar-refractivity contribution is -0.117. The maximum Gasteiger partial charge on any atom is 0.228 e. The van der Waals surface area contributed by atoms with Crippen molar-refractivity contribution in [3.8, 4) is 0 Å². The highest BCUT2D eigenvalue weighted by molar-refractivity contribution is 5.95. The fourth-order valence-corrected chi connectivity index (χ4v) is 3.52. The van der Waals surface area contributed by atoms with Crippen molar-refractivity contribution in [2.45, 2.75) is 39.5 Å². The van der Waals surface area contributed by atoms with Gasteiger partial charge in [0.25, 0.3) is 0 Å². The Morgan fingerprint density at radius 3 is 2.40 bits per heavy atom. The van der Waals surface area contributed by atoms with Crippen LogP contribution < -0.4 is 5.32 Å². The number of carbonyl (C=O) groups excluding carboxylic acids is 1. The van der Waals surface area contributed by atoms with Gasteiger partial charge < -0.3 is 5.32 Å². The molecule has 0 aliphatic heterocycles. The Morgan fingerprint density at radius 2 is 1.75 bits per heavy atom. The highest BCUT2D eigenvalue weighted by Crippen LogP contribution is 2.53. The smallest absolute Gasteiger partial charge is 0.228 e. The van der Waals surface area contributed by atoms with Crippen LogP contribution in [0.2, 0.25) is 0 Å². The van der Waals surface area contributed by atoms with E-state index in [1.165, 1.54) is 18.4 Å². The van der Waals surface area contributed by atoms with Gasteiger partial charge in [0, 0.05) is 11.6 Å². The summed E-state index contributed by atoms with van der Waals surface area (Å²) < 4.78 is 0. The summed E-state index contributed by atoms with van der Waals surface area (Å²) in [5.74, 6) is 1.71. The second-order valence-electron chi connectivity index (χ2n) is 6.29. The summed E-state index contributed by atoms with van der Waals surface area (Å²) in [4.78, 5) is 12.5. The van der Waals surface area contributed by atoms with Gasteiger partial charge in [0.05, 0.1) is 0 Å². The maximum absolute atomic E-state index is 12.5. The number of anilines is 1. The number of aryl methyl sites for hydroxylation is 2. The summed E-state index contributed by atoms with van der Waals surface area (Å²) in [6, 6.07) is 6.23. The molecular formula is C18H23NO. The van der Waals surface area contributed by atoms with Crippen LogP contribution in [0.4, 0.5) is 5.69 Å². The van der Waals surface area contributed by atoms with Crippen LogP contribution in [0.15, 0.2) is 30.4 Å². The highest BCUT2D eigenvalue weighted by atomic mass is 16.2. The van der Waals surface area contributed by atoms with E-state index in [2.05, 4.69) is 49.5 Å². The predicted octanol–water partition coefficient (Wildman–Crippen LogP) is 4.23. The molecule has 0 spiro atoms. The van der Waals surface area contributed by atoms with E-state index in [-0.39, 0.29) is 11.8 Å². The van der Waals surface area contributed by atoms with E-state index in [0.29, 0.717) is 11.8 Å². The molecule has 0 heterocycles. The molecule has 0 saturated heterocycles. The van der Waals surface area contributed by atoms with E-state index < -0.39 is 0 Å². The maximum atomic E-state index is 12.5. The number of hydrogen-bond donors (Lipinski definition) is 1. The molecule has 3 rings (SSSR count). The van der Waals surface area contributed by atoms with E-state index in [1.54, 1.807) is 0 Å². The van der Waals surface area contributed by atoms with Crippen molar-refractivity contribution in [3.05, 3.63) is 41.5 Å². The van der Waals surface area contributed by atoms with Gasteiger partial charge in [0.15, 0.2) is 0 Å². The molecule has 1 aromatic carbocycles. The first kappa shape index (κ1) is 13.4. The van der Waals surface area contributed by atoms with Gasteiger partial charge in [-0.15, -0.1) is 0 Å². The first-order chi connectivity index (χ1) is 9.66. The largest absolute Gasteiger partial charge is 0.326 e. The molecule has 0 aromatic heterocycles. The molecule has 2 aliphatic carbocycles.